The number of nitrogens with zero attached hydrogens (tertiary/aromatic N) is 4. The molecule has 1 aliphatic heterocycles. The Bertz CT molecular complexity index is 921. The quantitative estimate of drug-likeness (QED) is 0.788. The molecule has 8 heteroatoms. The summed E-state index contributed by atoms with van der Waals surface area (Å²) in [4.78, 5) is 17.3. The Morgan fingerprint density at radius 3 is 2.96 bits per heavy atom. The molecule has 0 spiro atoms. The maximum absolute atomic E-state index is 12.6. The van der Waals surface area contributed by atoms with Crippen molar-refractivity contribution in [3.05, 3.63) is 36.1 Å². The van der Waals surface area contributed by atoms with E-state index in [9.17, 15) is 4.79 Å². The molecular weight excluding hydrogens is 322 g/mol. The fourth-order valence-electron chi connectivity index (χ4n) is 3.08. The van der Waals surface area contributed by atoms with E-state index in [1.54, 1.807) is 23.0 Å². The number of nitrogens with one attached hydrogen (secondary N) is 1. The molecule has 25 heavy (non-hydrogen) atoms. The van der Waals surface area contributed by atoms with Crippen molar-refractivity contribution in [3.8, 4) is 17.2 Å². The van der Waals surface area contributed by atoms with Crippen molar-refractivity contribution in [2.75, 3.05) is 12.4 Å². The van der Waals surface area contributed by atoms with E-state index in [0.29, 0.717) is 11.8 Å². The van der Waals surface area contributed by atoms with Gasteiger partial charge >= 0.3 is 0 Å². The molecule has 4 heterocycles. The zero-order chi connectivity index (χ0) is 17.4. The highest BCUT2D eigenvalue weighted by atomic mass is 16.6. The highest BCUT2D eigenvalue weighted by Gasteiger charge is 2.24. The van der Waals surface area contributed by atoms with Crippen molar-refractivity contribution in [2.24, 2.45) is 7.05 Å². The zero-order valence-corrected chi connectivity index (χ0v) is 14.2. The SMILES string of the molecule is COc1ccc(C(=O)Nc2c(-c3cnn(C)c3)nc3n2CCCC3)o1. The Kier molecular flexibility index (Phi) is 3.79. The van der Waals surface area contributed by atoms with E-state index in [0.717, 1.165) is 42.9 Å². The Labute approximate surface area is 144 Å². The van der Waals surface area contributed by atoms with Crippen LogP contribution in [-0.4, -0.2) is 32.3 Å². The van der Waals surface area contributed by atoms with E-state index in [4.69, 9.17) is 14.1 Å². The molecule has 4 rings (SSSR count). The molecule has 3 aromatic heterocycles. The second kappa shape index (κ2) is 6.12. The van der Waals surface area contributed by atoms with E-state index < -0.39 is 0 Å². The molecule has 0 saturated carbocycles. The van der Waals surface area contributed by atoms with Crippen LogP contribution in [0.5, 0.6) is 5.95 Å². The standard InChI is InChI=1S/C17H19N5O3/c1-21-10-11(9-18-21)15-16(22-8-4-3-5-13(22)19-15)20-17(23)12-6-7-14(24-2)25-12/h6-7,9-10H,3-5,8H2,1-2H3,(H,20,23). The molecule has 1 N–H and O–H groups in total. The maximum atomic E-state index is 12.6. The highest BCUT2D eigenvalue weighted by Crippen LogP contribution is 2.32. The summed E-state index contributed by atoms with van der Waals surface area (Å²) in [6, 6.07) is 3.20. The Balaban J connectivity index is 1.72. The topological polar surface area (TPSA) is 87.1 Å². The number of fused-ring (bicyclic) bond motifs is 1. The predicted molar refractivity (Wildman–Crippen MR) is 90.6 cm³/mol. The minimum Gasteiger partial charge on any atom is -0.468 e. The third-order valence-electron chi connectivity index (χ3n) is 4.30. The third kappa shape index (κ3) is 2.79. The summed E-state index contributed by atoms with van der Waals surface area (Å²) in [5.74, 6) is 1.83. The lowest BCUT2D eigenvalue weighted by Crippen LogP contribution is -2.18. The van der Waals surface area contributed by atoms with Crippen LogP contribution < -0.4 is 10.1 Å². The maximum Gasteiger partial charge on any atom is 0.292 e. The monoisotopic (exact) mass is 341 g/mol. The van der Waals surface area contributed by atoms with E-state index in [1.807, 2.05) is 13.2 Å². The molecule has 0 aromatic carbocycles. The van der Waals surface area contributed by atoms with Gasteiger partial charge in [0.25, 0.3) is 11.9 Å². The van der Waals surface area contributed by atoms with Crippen LogP contribution in [0.3, 0.4) is 0 Å². The number of hydrogen-bond acceptors (Lipinski definition) is 5. The van der Waals surface area contributed by atoms with Crippen LogP contribution in [0, 0.1) is 0 Å². The van der Waals surface area contributed by atoms with Crippen LogP contribution in [0.15, 0.2) is 28.9 Å². The van der Waals surface area contributed by atoms with Gasteiger partial charge in [0, 0.05) is 37.8 Å². The van der Waals surface area contributed by atoms with Crippen molar-refractivity contribution < 1.29 is 13.9 Å². The van der Waals surface area contributed by atoms with Gasteiger partial charge in [0.2, 0.25) is 0 Å². The van der Waals surface area contributed by atoms with E-state index in [-0.39, 0.29) is 11.7 Å². The minimum absolute atomic E-state index is 0.195. The van der Waals surface area contributed by atoms with Gasteiger partial charge in [0.05, 0.1) is 13.3 Å². The number of hydrogen-bond donors (Lipinski definition) is 1. The molecule has 0 atom stereocenters. The summed E-state index contributed by atoms with van der Waals surface area (Å²) in [5.41, 5.74) is 1.61. The second-order valence-corrected chi connectivity index (χ2v) is 6.01. The summed E-state index contributed by atoms with van der Waals surface area (Å²) in [6.45, 7) is 0.833. The van der Waals surface area contributed by atoms with Gasteiger partial charge in [-0.25, -0.2) is 4.98 Å². The summed E-state index contributed by atoms with van der Waals surface area (Å²) in [5, 5.41) is 7.17. The Morgan fingerprint density at radius 1 is 1.36 bits per heavy atom. The number of carbonyl (C=O) groups is 1. The molecule has 8 nitrogen and oxygen atoms in total. The first-order valence-corrected chi connectivity index (χ1v) is 8.19. The molecular formula is C17H19N5O3. The third-order valence-corrected chi connectivity index (χ3v) is 4.30. The molecule has 0 saturated heterocycles. The van der Waals surface area contributed by atoms with E-state index in [1.165, 1.54) is 7.11 Å². The number of imidazole rings is 1. The number of methoxy groups -OCH3 is 1. The van der Waals surface area contributed by atoms with Gasteiger partial charge in [-0.05, 0) is 18.9 Å². The number of furan rings is 1. The van der Waals surface area contributed by atoms with Gasteiger partial charge in [-0.2, -0.15) is 5.10 Å². The van der Waals surface area contributed by atoms with Gasteiger partial charge in [-0.3, -0.25) is 9.48 Å². The molecule has 1 amide bonds. The van der Waals surface area contributed by atoms with Crippen molar-refractivity contribution >= 4 is 11.7 Å². The zero-order valence-electron chi connectivity index (χ0n) is 14.2. The number of ether oxygens (including phenoxy) is 1. The summed E-state index contributed by atoms with van der Waals surface area (Å²) in [7, 11) is 3.35. The number of carbonyl (C=O) groups excluding carboxylic acids is 1. The molecule has 1 aliphatic rings. The number of amides is 1. The largest absolute Gasteiger partial charge is 0.468 e. The smallest absolute Gasteiger partial charge is 0.292 e. The van der Waals surface area contributed by atoms with E-state index in [2.05, 4.69) is 15.0 Å². The number of rotatable bonds is 4. The second-order valence-electron chi connectivity index (χ2n) is 6.01. The molecule has 0 bridgehead atoms. The summed E-state index contributed by atoms with van der Waals surface area (Å²) >= 11 is 0. The summed E-state index contributed by atoms with van der Waals surface area (Å²) < 4.78 is 14.1. The first-order chi connectivity index (χ1) is 12.2. The van der Waals surface area contributed by atoms with Crippen LogP contribution in [0.1, 0.15) is 29.2 Å². The molecule has 130 valence electrons. The first-order valence-electron chi connectivity index (χ1n) is 8.19. The molecule has 0 radical (unpaired) electrons. The van der Waals surface area contributed by atoms with Crippen LogP contribution in [0.25, 0.3) is 11.3 Å². The van der Waals surface area contributed by atoms with E-state index >= 15 is 0 Å². The van der Waals surface area contributed by atoms with Crippen molar-refractivity contribution in [1.82, 2.24) is 19.3 Å². The lowest BCUT2D eigenvalue weighted by Gasteiger charge is -2.16. The lowest BCUT2D eigenvalue weighted by molar-refractivity contribution is 0.0989. The van der Waals surface area contributed by atoms with Crippen LogP contribution >= 0.6 is 0 Å². The van der Waals surface area contributed by atoms with Crippen molar-refractivity contribution in [2.45, 2.75) is 25.8 Å². The van der Waals surface area contributed by atoms with Crippen molar-refractivity contribution in [3.63, 3.8) is 0 Å². The lowest BCUT2D eigenvalue weighted by atomic mass is 10.2. The molecule has 0 unspecified atom stereocenters. The van der Waals surface area contributed by atoms with Crippen LogP contribution in [0.2, 0.25) is 0 Å². The van der Waals surface area contributed by atoms with Gasteiger partial charge in [0.1, 0.15) is 17.3 Å². The van der Waals surface area contributed by atoms with Crippen molar-refractivity contribution in [1.29, 1.82) is 0 Å². The predicted octanol–water partition coefficient (Wildman–Crippen LogP) is 2.47. The normalized spacial score (nSPS) is 13.5. The van der Waals surface area contributed by atoms with Crippen LogP contribution in [-0.2, 0) is 20.0 Å². The van der Waals surface area contributed by atoms with Crippen LogP contribution in [0.4, 0.5) is 5.82 Å². The Hall–Kier alpha value is -3.03. The molecule has 3 aromatic rings. The number of aromatic nitrogens is 4. The summed E-state index contributed by atoms with van der Waals surface area (Å²) in [6.07, 6.45) is 6.71. The minimum atomic E-state index is -0.332. The highest BCUT2D eigenvalue weighted by molar-refractivity contribution is 6.03. The molecule has 0 aliphatic carbocycles. The van der Waals surface area contributed by atoms with Gasteiger partial charge < -0.3 is 19.0 Å². The average molecular weight is 341 g/mol. The average Bonchev–Trinajstić information content (AvgIpc) is 3.33. The number of anilines is 1. The molecule has 0 fully saturated rings. The van der Waals surface area contributed by atoms with Gasteiger partial charge in [-0.15, -0.1) is 0 Å². The first kappa shape index (κ1) is 15.5. The number of aryl methyl sites for hydroxylation is 2. The fraction of sp³-hybridized carbons (Fsp3) is 0.353. The van der Waals surface area contributed by atoms with Gasteiger partial charge in [-0.1, -0.05) is 0 Å². The Morgan fingerprint density at radius 2 is 2.24 bits per heavy atom. The van der Waals surface area contributed by atoms with Gasteiger partial charge in [0.15, 0.2) is 5.76 Å². The fourth-order valence-corrected chi connectivity index (χ4v) is 3.08.